The molecule has 1 aromatic heterocycles. The Kier molecular flexibility index (Phi) is 3.98. The molecule has 2 unspecified atom stereocenters. The highest BCUT2D eigenvalue weighted by atomic mass is 16.5. The zero-order chi connectivity index (χ0) is 13.9. The minimum absolute atomic E-state index is 0.227. The first-order valence-corrected chi connectivity index (χ1v) is 7.17. The molecule has 0 saturated carbocycles. The van der Waals surface area contributed by atoms with Gasteiger partial charge >= 0.3 is 0 Å². The van der Waals surface area contributed by atoms with E-state index in [1.807, 2.05) is 17.3 Å². The number of likely N-dealkylation sites (tertiary alicyclic amines) is 2. The quantitative estimate of drug-likeness (QED) is 0.796. The lowest BCUT2D eigenvalue weighted by atomic mass is 9.91. The number of aromatic nitrogens is 1. The van der Waals surface area contributed by atoms with Crippen LogP contribution >= 0.6 is 0 Å². The van der Waals surface area contributed by atoms with E-state index in [1.165, 1.54) is 5.56 Å². The van der Waals surface area contributed by atoms with Gasteiger partial charge < -0.3 is 9.64 Å². The van der Waals surface area contributed by atoms with E-state index >= 15 is 0 Å². The monoisotopic (exact) mass is 275 g/mol. The lowest BCUT2D eigenvalue weighted by Crippen LogP contribution is -2.54. The number of pyridine rings is 1. The van der Waals surface area contributed by atoms with Crippen LogP contribution in [0.2, 0.25) is 0 Å². The van der Waals surface area contributed by atoms with Crippen LogP contribution in [0.3, 0.4) is 0 Å². The highest BCUT2D eigenvalue weighted by Crippen LogP contribution is 2.33. The van der Waals surface area contributed by atoms with E-state index in [2.05, 4.69) is 22.0 Å². The fourth-order valence-corrected chi connectivity index (χ4v) is 3.20. The van der Waals surface area contributed by atoms with Crippen LogP contribution in [0.5, 0.6) is 0 Å². The molecule has 0 radical (unpaired) electrons. The standard InChI is InChI=1S/C15H21N3O2/c1-20-7-4-15(19)18-10-13-9-17(14(13)11-18)8-12-2-5-16-6-3-12/h2-3,5-6,13-14H,4,7-11H2,1H3. The van der Waals surface area contributed by atoms with Gasteiger partial charge in [0.25, 0.3) is 0 Å². The number of carbonyl (C=O) groups excluding carboxylic acids is 1. The minimum Gasteiger partial charge on any atom is -0.384 e. The largest absolute Gasteiger partial charge is 0.384 e. The fraction of sp³-hybridized carbons (Fsp3) is 0.600. The Morgan fingerprint density at radius 2 is 2.15 bits per heavy atom. The molecular formula is C15H21N3O2. The van der Waals surface area contributed by atoms with Crippen molar-refractivity contribution in [2.45, 2.75) is 19.0 Å². The summed E-state index contributed by atoms with van der Waals surface area (Å²) in [5, 5.41) is 0. The molecule has 2 aliphatic rings. The summed E-state index contributed by atoms with van der Waals surface area (Å²) in [7, 11) is 1.64. The number of hydrogen-bond acceptors (Lipinski definition) is 4. The molecule has 0 aromatic carbocycles. The van der Waals surface area contributed by atoms with Crippen LogP contribution in [0, 0.1) is 5.92 Å². The van der Waals surface area contributed by atoms with Gasteiger partial charge in [0, 0.05) is 57.6 Å². The van der Waals surface area contributed by atoms with E-state index in [9.17, 15) is 4.79 Å². The summed E-state index contributed by atoms with van der Waals surface area (Å²) in [6.07, 6.45) is 4.17. The number of methoxy groups -OCH3 is 1. The van der Waals surface area contributed by atoms with Gasteiger partial charge in [0.1, 0.15) is 0 Å². The van der Waals surface area contributed by atoms with Gasteiger partial charge in [0.05, 0.1) is 13.0 Å². The number of fused-ring (bicyclic) bond motifs is 1. The molecule has 20 heavy (non-hydrogen) atoms. The van der Waals surface area contributed by atoms with Gasteiger partial charge in [-0.15, -0.1) is 0 Å². The maximum Gasteiger partial charge on any atom is 0.224 e. The first kappa shape index (κ1) is 13.5. The molecule has 0 aliphatic carbocycles. The topological polar surface area (TPSA) is 45.7 Å². The van der Waals surface area contributed by atoms with E-state index in [0.29, 0.717) is 25.0 Å². The van der Waals surface area contributed by atoms with Crippen molar-refractivity contribution in [1.29, 1.82) is 0 Å². The van der Waals surface area contributed by atoms with Crippen LogP contribution in [-0.4, -0.2) is 60.1 Å². The highest BCUT2D eigenvalue weighted by molar-refractivity contribution is 5.76. The summed E-state index contributed by atoms with van der Waals surface area (Å²) in [4.78, 5) is 20.5. The lowest BCUT2D eigenvalue weighted by Gasteiger charge is -2.43. The molecule has 2 fully saturated rings. The first-order valence-electron chi connectivity index (χ1n) is 7.17. The summed E-state index contributed by atoms with van der Waals surface area (Å²) in [5.74, 6) is 0.883. The normalized spacial score (nSPS) is 25.4. The van der Waals surface area contributed by atoms with Gasteiger partial charge in [-0.3, -0.25) is 14.7 Å². The smallest absolute Gasteiger partial charge is 0.224 e. The van der Waals surface area contributed by atoms with E-state index < -0.39 is 0 Å². The molecule has 108 valence electrons. The van der Waals surface area contributed by atoms with Gasteiger partial charge in [-0.25, -0.2) is 0 Å². The van der Waals surface area contributed by atoms with Crippen molar-refractivity contribution >= 4 is 5.91 Å². The molecule has 5 heteroatoms. The van der Waals surface area contributed by atoms with Gasteiger partial charge in [-0.05, 0) is 17.7 Å². The second kappa shape index (κ2) is 5.89. The Morgan fingerprint density at radius 3 is 2.90 bits per heavy atom. The van der Waals surface area contributed by atoms with Crippen molar-refractivity contribution in [2.24, 2.45) is 5.92 Å². The number of ether oxygens (including phenoxy) is 1. The molecule has 0 bridgehead atoms. The SMILES string of the molecule is COCCC(=O)N1CC2CN(Cc3ccncc3)C2C1. The summed E-state index contributed by atoms with van der Waals surface area (Å²) in [5.41, 5.74) is 1.29. The number of carbonyl (C=O) groups is 1. The lowest BCUT2D eigenvalue weighted by molar-refractivity contribution is -0.131. The number of amides is 1. The summed E-state index contributed by atoms with van der Waals surface area (Å²) in [6, 6.07) is 4.66. The van der Waals surface area contributed by atoms with Gasteiger partial charge in [0.2, 0.25) is 5.91 Å². The zero-order valence-electron chi connectivity index (χ0n) is 11.9. The van der Waals surface area contributed by atoms with Crippen molar-refractivity contribution in [1.82, 2.24) is 14.8 Å². The maximum atomic E-state index is 12.0. The van der Waals surface area contributed by atoms with E-state index in [1.54, 1.807) is 7.11 Å². The van der Waals surface area contributed by atoms with Crippen LogP contribution in [0.4, 0.5) is 0 Å². The molecule has 1 aromatic rings. The third-order valence-electron chi connectivity index (χ3n) is 4.35. The summed E-state index contributed by atoms with van der Waals surface area (Å²) in [6.45, 7) is 4.37. The molecular weight excluding hydrogens is 254 g/mol. The highest BCUT2D eigenvalue weighted by Gasteiger charge is 2.46. The van der Waals surface area contributed by atoms with E-state index in [-0.39, 0.29) is 5.91 Å². The Balaban J connectivity index is 1.52. The number of hydrogen-bond donors (Lipinski definition) is 0. The minimum atomic E-state index is 0.227. The molecule has 2 atom stereocenters. The Hall–Kier alpha value is -1.46. The Bertz CT molecular complexity index is 465. The predicted octanol–water partition coefficient (Wildman–Crippen LogP) is 0.761. The molecule has 2 saturated heterocycles. The summed E-state index contributed by atoms with van der Waals surface area (Å²) >= 11 is 0. The Labute approximate surface area is 119 Å². The molecule has 3 rings (SSSR count). The predicted molar refractivity (Wildman–Crippen MR) is 75.0 cm³/mol. The van der Waals surface area contributed by atoms with E-state index in [4.69, 9.17) is 4.74 Å². The number of rotatable bonds is 5. The molecule has 1 amide bonds. The molecule has 3 heterocycles. The second-order valence-corrected chi connectivity index (χ2v) is 5.65. The van der Waals surface area contributed by atoms with Gasteiger partial charge in [0.15, 0.2) is 0 Å². The van der Waals surface area contributed by atoms with Crippen LogP contribution in [-0.2, 0) is 16.1 Å². The number of nitrogens with zero attached hydrogens (tertiary/aromatic N) is 3. The third-order valence-corrected chi connectivity index (χ3v) is 4.35. The second-order valence-electron chi connectivity index (χ2n) is 5.65. The van der Waals surface area contributed by atoms with Crippen LogP contribution in [0.15, 0.2) is 24.5 Å². The zero-order valence-corrected chi connectivity index (χ0v) is 11.9. The molecule has 0 N–H and O–H groups in total. The maximum absolute atomic E-state index is 12.0. The third kappa shape index (κ3) is 2.69. The fourth-order valence-electron chi connectivity index (χ4n) is 3.20. The average Bonchev–Trinajstić information content (AvgIpc) is 2.81. The molecule has 2 aliphatic heterocycles. The van der Waals surface area contributed by atoms with Gasteiger partial charge in [-0.2, -0.15) is 0 Å². The van der Waals surface area contributed by atoms with Gasteiger partial charge in [-0.1, -0.05) is 0 Å². The van der Waals surface area contributed by atoms with Crippen molar-refractivity contribution in [2.75, 3.05) is 33.4 Å². The molecule has 0 spiro atoms. The van der Waals surface area contributed by atoms with Crippen molar-refractivity contribution in [3.05, 3.63) is 30.1 Å². The Morgan fingerprint density at radius 1 is 1.35 bits per heavy atom. The van der Waals surface area contributed by atoms with Crippen molar-refractivity contribution < 1.29 is 9.53 Å². The van der Waals surface area contributed by atoms with Crippen LogP contribution in [0.1, 0.15) is 12.0 Å². The van der Waals surface area contributed by atoms with Crippen molar-refractivity contribution in [3.63, 3.8) is 0 Å². The molecule has 5 nitrogen and oxygen atoms in total. The summed E-state index contributed by atoms with van der Waals surface area (Å²) < 4.78 is 4.98. The average molecular weight is 275 g/mol. The first-order chi connectivity index (χ1) is 9.78. The van der Waals surface area contributed by atoms with E-state index in [0.717, 1.165) is 26.2 Å². The van der Waals surface area contributed by atoms with Crippen LogP contribution < -0.4 is 0 Å². The van der Waals surface area contributed by atoms with Crippen molar-refractivity contribution in [3.8, 4) is 0 Å². The van der Waals surface area contributed by atoms with Crippen LogP contribution in [0.25, 0.3) is 0 Å².